The third-order valence-electron chi connectivity index (χ3n) is 3.07. The SMILES string of the molecule is COC(=O)CCc1csc(NC(C)c2ccc(F)cc2)n1. The number of hydrogen-bond donors (Lipinski definition) is 1. The van der Waals surface area contributed by atoms with Gasteiger partial charge in [-0.15, -0.1) is 11.3 Å². The zero-order valence-corrected chi connectivity index (χ0v) is 12.7. The Bertz CT molecular complexity index is 598. The highest BCUT2D eigenvalue weighted by atomic mass is 32.1. The van der Waals surface area contributed by atoms with E-state index in [9.17, 15) is 9.18 Å². The van der Waals surface area contributed by atoms with Crippen molar-refractivity contribution in [1.82, 2.24) is 4.98 Å². The van der Waals surface area contributed by atoms with E-state index in [1.165, 1.54) is 30.6 Å². The number of benzene rings is 1. The van der Waals surface area contributed by atoms with Gasteiger partial charge in [0.2, 0.25) is 0 Å². The van der Waals surface area contributed by atoms with Gasteiger partial charge < -0.3 is 10.1 Å². The molecule has 1 atom stereocenters. The van der Waals surface area contributed by atoms with Crippen LogP contribution in [-0.2, 0) is 16.0 Å². The first-order valence-corrected chi connectivity index (χ1v) is 7.49. The molecular weight excluding hydrogens is 291 g/mol. The van der Waals surface area contributed by atoms with Crippen molar-refractivity contribution in [2.75, 3.05) is 12.4 Å². The van der Waals surface area contributed by atoms with Gasteiger partial charge in [0.1, 0.15) is 5.82 Å². The normalized spacial score (nSPS) is 12.0. The number of esters is 1. The van der Waals surface area contributed by atoms with Gasteiger partial charge in [0.05, 0.1) is 25.3 Å². The predicted octanol–water partition coefficient (Wildman–Crippen LogP) is 3.56. The van der Waals surface area contributed by atoms with Gasteiger partial charge >= 0.3 is 5.97 Å². The van der Waals surface area contributed by atoms with Crippen LogP contribution in [0.5, 0.6) is 0 Å². The number of ether oxygens (including phenoxy) is 1. The average molecular weight is 308 g/mol. The van der Waals surface area contributed by atoms with Gasteiger partial charge in [-0.1, -0.05) is 12.1 Å². The Hall–Kier alpha value is -1.95. The minimum absolute atomic E-state index is 0.0326. The zero-order valence-electron chi connectivity index (χ0n) is 11.9. The van der Waals surface area contributed by atoms with Gasteiger partial charge in [-0.3, -0.25) is 4.79 Å². The lowest BCUT2D eigenvalue weighted by Gasteiger charge is -2.13. The van der Waals surface area contributed by atoms with Crippen LogP contribution in [0.15, 0.2) is 29.6 Å². The molecule has 2 rings (SSSR count). The maximum Gasteiger partial charge on any atom is 0.305 e. The topological polar surface area (TPSA) is 51.2 Å². The fourth-order valence-electron chi connectivity index (χ4n) is 1.84. The number of hydrogen-bond acceptors (Lipinski definition) is 5. The Morgan fingerprint density at radius 2 is 2.14 bits per heavy atom. The number of carbonyl (C=O) groups is 1. The number of anilines is 1. The summed E-state index contributed by atoms with van der Waals surface area (Å²) in [4.78, 5) is 15.5. The van der Waals surface area contributed by atoms with E-state index in [1.54, 1.807) is 12.1 Å². The molecule has 21 heavy (non-hydrogen) atoms. The molecule has 1 N–H and O–H groups in total. The molecular formula is C15H17FN2O2S. The Balaban J connectivity index is 1.92. The molecule has 0 aliphatic rings. The zero-order chi connectivity index (χ0) is 15.2. The average Bonchev–Trinajstić information content (AvgIpc) is 2.93. The smallest absolute Gasteiger partial charge is 0.305 e. The number of nitrogens with zero attached hydrogens (tertiary/aromatic N) is 1. The van der Waals surface area contributed by atoms with Crippen molar-refractivity contribution in [3.63, 3.8) is 0 Å². The molecule has 0 saturated heterocycles. The molecule has 1 heterocycles. The highest BCUT2D eigenvalue weighted by Gasteiger charge is 2.09. The molecule has 0 aliphatic carbocycles. The first-order chi connectivity index (χ1) is 10.1. The van der Waals surface area contributed by atoms with Crippen molar-refractivity contribution in [2.45, 2.75) is 25.8 Å². The van der Waals surface area contributed by atoms with Crippen molar-refractivity contribution in [2.24, 2.45) is 0 Å². The largest absolute Gasteiger partial charge is 0.469 e. The van der Waals surface area contributed by atoms with Gasteiger partial charge in [0, 0.05) is 11.8 Å². The second-order valence-corrected chi connectivity index (χ2v) is 5.50. The van der Waals surface area contributed by atoms with Crippen molar-refractivity contribution in [3.05, 3.63) is 46.7 Å². The Labute approximate surface area is 127 Å². The fourth-order valence-corrected chi connectivity index (χ4v) is 2.67. The summed E-state index contributed by atoms with van der Waals surface area (Å²) in [6.45, 7) is 1.99. The Kier molecular flexibility index (Phi) is 5.27. The van der Waals surface area contributed by atoms with Crippen LogP contribution < -0.4 is 5.32 Å². The lowest BCUT2D eigenvalue weighted by molar-refractivity contribution is -0.140. The first kappa shape index (κ1) is 15.4. The number of rotatable bonds is 6. The molecule has 6 heteroatoms. The molecule has 0 spiro atoms. The predicted molar refractivity (Wildman–Crippen MR) is 80.9 cm³/mol. The number of halogens is 1. The lowest BCUT2D eigenvalue weighted by Crippen LogP contribution is -2.06. The van der Waals surface area contributed by atoms with E-state index in [-0.39, 0.29) is 17.8 Å². The number of nitrogens with one attached hydrogen (secondary N) is 1. The summed E-state index contributed by atoms with van der Waals surface area (Å²) in [7, 11) is 1.38. The molecule has 112 valence electrons. The molecule has 0 saturated carbocycles. The molecule has 0 bridgehead atoms. The van der Waals surface area contributed by atoms with Crippen molar-refractivity contribution in [1.29, 1.82) is 0 Å². The van der Waals surface area contributed by atoms with Crippen LogP contribution in [0.1, 0.15) is 30.6 Å². The molecule has 1 unspecified atom stereocenters. The fraction of sp³-hybridized carbons (Fsp3) is 0.333. The third-order valence-corrected chi connectivity index (χ3v) is 3.90. The van der Waals surface area contributed by atoms with Gasteiger partial charge in [0.15, 0.2) is 5.13 Å². The van der Waals surface area contributed by atoms with Crippen LogP contribution in [0.2, 0.25) is 0 Å². The van der Waals surface area contributed by atoms with Gasteiger partial charge in [-0.05, 0) is 24.6 Å². The number of carbonyl (C=O) groups excluding carboxylic acids is 1. The van der Waals surface area contributed by atoms with Crippen LogP contribution in [0, 0.1) is 5.82 Å². The molecule has 0 aliphatic heterocycles. The van der Waals surface area contributed by atoms with E-state index in [4.69, 9.17) is 0 Å². The highest BCUT2D eigenvalue weighted by molar-refractivity contribution is 7.13. The van der Waals surface area contributed by atoms with Crippen LogP contribution in [0.4, 0.5) is 9.52 Å². The molecule has 4 nitrogen and oxygen atoms in total. The van der Waals surface area contributed by atoms with Crippen molar-refractivity contribution < 1.29 is 13.9 Å². The van der Waals surface area contributed by atoms with Crippen molar-refractivity contribution in [3.8, 4) is 0 Å². The summed E-state index contributed by atoms with van der Waals surface area (Å²) < 4.78 is 17.5. The third kappa shape index (κ3) is 4.53. The second-order valence-electron chi connectivity index (χ2n) is 4.64. The van der Waals surface area contributed by atoms with E-state index in [2.05, 4.69) is 15.0 Å². The molecule has 0 radical (unpaired) electrons. The molecule has 0 amide bonds. The summed E-state index contributed by atoms with van der Waals surface area (Å²) >= 11 is 1.49. The van der Waals surface area contributed by atoms with E-state index in [0.29, 0.717) is 12.8 Å². The number of thiazole rings is 1. The van der Waals surface area contributed by atoms with E-state index in [1.807, 2.05) is 12.3 Å². The highest BCUT2D eigenvalue weighted by Crippen LogP contribution is 2.23. The summed E-state index contributed by atoms with van der Waals surface area (Å²) in [5.74, 6) is -0.484. The monoisotopic (exact) mass is 308 g/mol. The summed E-state index contributed by atoms with van der Waals surface area (Å²) in [6.07, 6.45) is 0.892. The van der Waals surface area contributed by atoms with E-state index < -0.39 is 0 Å². The maximum atomic E-state index is 12.9. The minimum atomic E-state index is -0.245. The van der Waals surface area contributed by atoms with E-state index in [0.717, 1.165) is 16.4 Å². The lowest BCUT2D eigenvalue weighted by atomic mass is 10.1. The Morgan fingerprint density at radius 1 is 1.43 bits per heavy atom. The maximum absolute atomic E-state index is 12.9. The summed E-state index contributed by atoms with van der Waals surface area (Å²) in [5, 5.41) is 5.97. The summed E-state index contributed by atoms with van der Waals surface area (Å²) in [5.41, 5.74) is 1.85. The Morgan fingerprint density at radius 3 is 2.81 bits per heavy atom. The quantitative estimate of drug-likeness (QED) is 0.829. The van der Waals surface area contributed by atoms with Gasteiger partial charge in [-0.2, -0.15) is 0 Å². The number of aromatic nitrogens is 1. The van der Waals surface area contributed by atoms with Gasteiger partial charge in [-0.25, -0.2) is 9.37 Å². The molecule has 1 aromatic heterocycles. The van der Waals surface area contributed by atoms with Gasteiger partial charge in [0.25, 0.3) is 0 Å². The number of methoxy groups -OCH3 is 1. The molecule has 0 fully saturated rings. The van der Waals surface area contributed by atoms with Crippen LogP contribution in [-0.4, -0.2) is 18.1 Å². The first-order valence-electron chi connectivity index (χ1n) is 6.61. The van der Waals surface area contributed by atoms with Crippen LogP contribution >= 0.6 is 11.3 Å². The van der Waals surface area contributed by atoms with E-state index >= 15 is 0 Å². The van der Waals surface area contributed by atoms with Crippen LogP contribution in [0.3, 0.4) is 0 Å². The van der Waals surface area contributed by atoms with Crippen LogP contribution in [0.25, 0.3) is 0 Å². The number of aryl methyl sites for hydroxylation is 1. The minimum Gasteiger partial charge on any atom is -0.469 e. The summed E-state index contributed by atoms with van der Waals surface area (Å²) in [6, 6.07) is 6.41. The van der Waals surface area contributed by atoms with Crippen molar-refractivity contribution >= 4 is 22.4 Å². The standard InChI is InChI=1S/C15H17FN2O2S/c1-10(11-3-5-12(16)6-4-11)17-15-18-13(9-21-15)7-8-14(19)20-2/h3-6,9-10H,7-8H2,1-2H3,(H,17,18). The molecule has 1 aromatic carbocycles. The molecule has 2 aromatic rings. The second kappa shape index (κ2) is 7.17.